The zero-order chi connectivity index (χ0) is 12.5. The Labute approximate surface area is 114 Å². The van der Waals surface area contributed by atoms with Gasteiger partial charge in [0, 0.05) is 5.92 Å². The van der Waals surface area contributed by atoms with Crippen LogP contribution in [0.1, 0.15) is 30.3 Å². The van der Waals surface area contributed by atoms with Gasteiger partial charge in [-0.25, -0.2) is 4.98 Å². The van der Waals surface area contributed by atoms with Crippen LogP contribution >= 0.6 is 15.9 Å². The van der Waals surface area contributed by atoms with Crippen LogP contribution in [0.3, 0.4) is 0 Å². The minimum absolute atomic E-state index is 0.430. The van der Waals surface area contributed by atoms with Gasteiger partial charge in [-0.3, -0.25) is 4.40 Å². The van der Waals surface area contributed by atoms with Crippen molar-refractivity contribution in [2.75, 3.05) is 13.1 Å². The third kappa shape index (κ3) is 1.82. The van der Waals surface area contributed by atoms with Gasteiger partial charge in [0.2, 0.25) is 0 Å². The summed E-state index contributed by atoms with van der Waals surface area (Å²) in [5.41, 5.74) is 1.41. The number of pyridine rings is 1. The summed E-state index contributed by atoms with van der Waals surface area (Å²) in [5.74, 6) is 1.44. The van der Waals surface area contributed by atoms with E-state index in [2.05, 4.69) is 36.7 Å². The standard InChI is InChI=1S/C13H13BrN4/c14-12-3-1-2-11-10(8-15)17-13(18(11)12)9-4-6-16-7-5-9/h1-3,9,16H,4-7H2. The first-order chi connectivity index (χ1) is 8.81. The van der Waals surface area contributed by atoms with Crippen molar-refractivity contribution in [2.45, 2.75) is 18.8 Å². The normalized spacial score (nSPS) is 16.9. The molecule has 0 spiro atoms. The van der Waals surface area contributed by atoms with E-state index in [0.717, 1.165) is 41.9 Å². The van der Waals surface area contributed by atoms with Crippen LogP contribution in [0.4, 0.5) is 0 Å². The van der Waals surface area contributed by atoms with Gasteiger partial charge in [-0.1, -0.05) is 6.07 Å². The summed E-state index contributed by atoms with van der Waals surface area (Å²) in [6.07, 6.45) is 2.15. The van der Waals surface area contributed by atoms with Gasteiger partial charge in [0.25, 0.3) is 0 Å². The van der Waals surface area contributed by atoms with Gasteiger partial charge in [-0.15, -0.1) is 0 Å². The number of fused-ring (bicyclic) bond motifs is 1. The smallest absolute Gasteiger partial charge is 0.166 e. The quantitative estimate of drug-likeness (QED) is 0.823. The first kappa shape index (κ1) is 11.7. The summed E-state index contributed by atoms with van der Waals surface area (Å²) in [5, 5.41) is 12.5. The second-order valence-electron chi connectivity index (χ2n) is 4.52. The maximum Gasteiger partial charge on any atom is 0.166 e. The molecule has 0 aliphatic carbocycles. The Morgan fingerprint density at radius 3 is 2.89 bits per heavy atom. The zero-order valence-corrected chi connectivity index (χ0v) is 11.4. The molecule has 0 bridgehead atoms. The van der Waals surface area contributed by atoms with Gasteiger partial charge in [-0.2, -0.15) is 5.26 Å². The lowest BCUT2D eigenvalue weighted by molar-refractivity contribution is 0.443. The number of rotatable bonds is 1. The molecular formula is C13H13BrN4. The Morgan fingerprint density at radius 1 is 1.39 bits per heavy atom. The fourth-order valence-corrected chi connectivity index (χ4v) is 3.08. The predicted molar refractivity (Wildman–Crippen MR) is 72.5 cm³/mol. The molecule has 0 radical (unpaired) electrons. The van der Waals surface area contributed by atoms with E-state index in [9.17, 15) is 5.26 Å². The van der Waals surface area contributed by atoms with Crippen molar-refractivity contribution >= 4 is 21.4 Å². The lowest BCUT2D eigenvalue weighted by atomic mass is 9.97. The number of halogens is 1. The number of nitrogens with one attached hydrogen (secondary N) is 1. The summed E-state index contributed by atoms with van der Waals surface area (Å²) < 4.78 is 3.02. The Morgan fingerprint density at radius 2 is 2.17 bits per heavy atom. The SMILES string of the molecule is N#Cc1nc(C2CCNCC2)n2c(Br)cccc12. The lowest BCUT2D eigenvalue weighted by Crippen LogP contribution is -2.27. The zero-order valence-electron chi connectivity index (χ0n) is 9.86. The second-order valence-corrected chi connectivity index (χ2v) is 5.34. The lowest BCUT2D eigenvalue weighted by Gasteiger charge is -2.21. The van der Waals surface area contributed by atoms with Crippen LogP contribution in [0.15, 0.2) is 22.8 Å². The number of nitriles is 1. The molecular weight excluding hydrogens is 292 g/mol. The topological polar surface area (TPSA) is 53.1 Å². The number of nitrogens with zero attached hydrogens (tertiary/aromatic N) is 3. The molecule has 5 heteroatoms. The molecule has 0 saturated carbocycles. The van der Waals surface area contributed by atoms with E-state index in [4.69, 9.17) is 0 Å². The van der Waals surface area contributed by atoms with Gasteiger partial charge in [-0.05, 0) is 54.0 Å². The van der Waals surface area contributed by atoms with Crippen molar-refractivity contribution in [1.82, 2.24) is 14.7 Å². The first-order valence-corrected chi connectivity index (χ1v) is 6.88. The van der Waals surface area contributed by atoms with E-state index in [1.165, 1.54) is 0 Å². The van der Waals surface area contributed by atoms with Crippen LogP contribution in [0.25, 0.3) is 5.52 Å². The number of hydrogen-bond acceptors (Lipinski definition) is 3. The highest BCUT2D eigenvalue weighted by molar-refractivity contribution is 9.10. The second kappa shape index (κ2) is 4.71. The van der Waals surface area contributed by atoms with Crippen LogP contribution in [-0.2, 0) is 0 Å². The molecule has 0 amide bonds. The third-order valence-electron chi connectivity index (χ3n) is 3.45. The van der Waals surface area contributed by atoms with Crippen molar-refractivity contribution in [2.24, 2.45) is 0 Å². The van der Waals surface area contributed by atoms with Gasteiger partial charge in [0.05, 0.1) is 10.1 Å². The first-order valence-electron chi connectivity index (χ1n) is 6.09. The van der Waals surface area contributed by atoms with Crippen LogP contribution in [0.5, 0.6) is 0 Å². The van der Waals surface area contributed by atoms with Crippen molar-refractivity contribution in [3.8, 4) is 6.07 Å². The van der Waals surface area contributed by atoms with E-state index in [1.54, 1.807) is 0 Å². The van der Waals surface area contributed by atoms with Crippen LogP contribution in [0.2, 0.25) is 0 Å². The minimum Gasteiger partial charge on any atom is -0.317 e. The van der Waals surface area contributed by atoms with Gasteiger partial charge in [0.1, 0.15) is 11.9 Å². The Hall–Kier alpha value is -1.38. The summed E-state index contributed by atoms with van der Waals surface area (Å²) >= 11 is 3.55. The maximum absolute atomic E-state index is 9.18. The molecule has 0 aromatic carbocycles. The van der Waals surface area contributed by atoms with Gasteiger partial charge >= 0.3 is 0 Å². The fraction of sp³-hybridized carbons (Fsp3) is 0.385. The highest BCUT2D eigenvalue weighted by Crippen LogP contribution is 2.29. The Bertz CT molecular complexity index is 620. The summed E-state index contributed by atoms with van der Waals surface area (Å²) in [6, 6.07) is 8.06. The van der Waals surface area contributed by atoms with Crippen molar-refractivity contribution in [1.29, 1.82) is 5.26 Å². The molecule has 2 aromatic rings. The predicted octanol–water partition coefficient (Wildman–Crippen LogP) is 2.44. The van der Waals surface area contributed by atoms with Gasteiger partial charge in [0.15, 0.2) is 5.69 Å². The molecule has 0 atom stereocenters. The molecule has 3 rings (SSSR count). The highest BCUT2D eigenvalue weighted by Gasteiger charge is 2.22. The Balaban J connectivity index is 2.19. The molecule has 2 aromatic heterocycles. The highest BCUT2D eigenvalue weighted by atomic mass is 79.9. The van der Waals surface area contributed by atoms with Crippen molar-refractivity contribution < 1.29 is 0 Å². The van der Waals surface area contributed by atoms with E-state index >= 15 is 0 Å². The third-order valence-corrected chi connectivity index (χ3v) is 4.07. The molecule has 0 unspecified atom stereocenters. The molecule has 18 heavy (non-hydrogen) atoms. The average Bonchev–Trinajstić information content (AvgIpc) is 2.80. The van der Waals surface area contributed by atoms with E-state index < -0.39 is 0 Å². The monoisotopic (exact) mass is 304 g/mol. The number of piperidine rings is 1. The van der Waals surface area contributed by atoms with E-state index in [0.29, 0.717) is 11.6 Å². The van der Waals surface area contributed by atoms with Gasteiger partial charge < -0.3 is 5.32 Å². The fourth-order valence-electron chi connectivity index (χ4n) is 2.56. The minimum atomic E-state index is 0.430. The molecule has 4 nitrogen and oxygen atoms in total. The van der Waals surface area contributed by atoms with Crippen LogP contribution < -0.4 is 5.32 Å². The van der Waals surface area contributed by atoms with E-state index in [1.807, 2.05) is 18.2 Å². The molecule has 92 valence electrons. The van der Waals surface area contributed by atoms with Crippen LogP contribution in [0, 0.1) is 11.3 Å². The molecule has 3 heterocycles. The van der Waals surface area contributed by atoms with E-state index in [-0.39, 0.29) is 0 Å². The molecule has 1 aliphatic heterocycles. The van der Waals surface area contributed by atoms with Crippen molar-refractivity contribution in [3.05, 3.63) is 34.3 Å². The molecule has 1 saturated heterocycles. The average molecular weight is 305 g/mol. The molecule has 1 N–H and O–H groups in total. The summed E-state index contributed by atoms with van der Waals surface area (Å²) in [4.78, 5) is 4.54. The largest absolute Gasteiger partial charge is 0.317 e. The number of hydrogen-bond donors (Lipinski definition) is 1. The molecule has 1 aliphatic rings. The number of imidazole rings is 1. The number of aromatic nitrogens is 2. The Kier molecular flexibility index (Phi) is 3.06. The summed E-state index contributed by atoms with van der Waals surface area (Å²) in [7, 11) is 0. The van der Waals surface area contributed by atoms with Crippen LogP contribution in [-0.4, -0.2) is 22.5 Å². The summed E-state index contributed by atoms with van der Waals surface area (Å²) in [6.45, 7) is 2.04. The maximum atomic E-state index is 9.18. The van der Waals surface area contributed by atoms with Crippen molar-refractivity contribution in [3.63, 3.8) is 0 Å². The molecule has 1 fully saturated rings.